The molecule has 0 spiro atoms. The van der Waals surface area contributed by atoms with Gasteiger partial charge in [-0.05, 0) is 48.6 Å². The Hall–Kier alpha value is -5.31. The zero-order valence-corrected chi connectivity index (χ0v) is 27.7. The van der Waals surface area contributed by atoms with Crippen LogP contribution in [0.15, 0.2) is 54.6 Å². The van der Waals surface area contributed by atoms with Gasteiger partial charge in [-0.2, -0.15) is 0 Å². The molecule has 0 aliphatic rings. The van der Waals surface area contributed by atoms with Crippen molar-refractivity contribution in [1.29, 1.82) is 0 Å². The van der Waals surface area contributed by atoms with Crippen LogP contribution in [-0.2, 0) is 51.3 Å². The third-order valence-corrected chi connectivity index (χ3v) is 7.43. The number of aldehydes is 1. The van der Waals surface area contributed by atoms with Crippen LogP contribution in [0.5, 0.6) is 5.75 Å². The fraction of sp³-hybridized carbons (Fsp3) is 0.441. The van der Waals surface area contributed by atoms with Gasteiger partial charge in [0, 0.05) is 13.3 Å². The van der Waals surface area contributed by atoms with Crippen molar-refractivity contribution in [3.8, 4) is 5.75 Å². The molecule has 8 N–H and O–H groups in total. The monoisotopic (exact) mass is 683 g/mol. The summed E-state index contributed by atoms with van der Waals surface area (Å²) < 4.78 is 5.46. The van der Waals surface area contributed by atoms with Crippen LogP contribution in [0.2, 0.25) is 0 Å². The largest absolute Gasteiger partial charge is 0.508 e. The number of carbonyl (C=O) groups excluding carboxylic acids is 6. The summed E-state index contributed by atoms with van der Waals surface area (Å²) in [5, 5.41) is 28.7. The minimum atomic E-state index is -1.48. The molecule has 0 radical (unpaired) electrons. The van der Waals surface area contributed by atoms with E-state index in [9.17, 15) is 38.7 Å². The number of carboxylic acid groups (broad SMARTS) is 1. The van der Waals surface area contributed by atoms with Crippen LogP contribution in [0.25, 0.3) is 0 Å². The molecule has 2 rings (SSSR count). The quantitative estimate of drug-likeness (QED) is 0.0740. The van der Waals surface area contributed by atoms with E-state index in [2.05, 4.69) is 21.3 Å². The number of carboxylic acids is 1. The molecular formula is C34H45N5O10. The number of esters is 1. The summed E-state index contributed by atoms with van der Waals surface area (Å²) in [6.45, 7) is 4.48. The Kier molecular flexibility index (Phi) is 16.4. The number of rotatable bonds is 20. The summed E-state index contributed by atoms with van der Waals surface area (Å²) in [7, 11) is 0. The van der Waals surface area contributed by atoms with Crippen LogP contribution in [-0.4, -0.2) is 82.8 Å². The van der Waals surface area contributed by atoms with Gasteiger partial charge < -0.3 is 46.7 Å². The standard InChI is InChI=1S/C34H45N5O10/c1-20(2)30(39-32(46)27(36-21(3)41)15-22-9-11-26(42)12-10-22)33(47)38-28(31(45)37-25(18-40)17-29(43)44)16-24(13-14-35)34(48)49-19-23-7-5-4-6-8-23/h4-12,18,20,24-25,27-28,30,42H,13-17,19,35H2,1-3H3,(H,36,41)(H,37,45)(H,38,47)(H,39,46)(H,43,44)/t24?,25?,27-,28-,30-/m0/s1. The predicted molar refractivity (Wildman–Crippen MR) is 176 cm³/mol. The van der Waals surface area contributed by atoms with Gasteiger partial charge in [0.05, 0.1) is 18.4 Å². The lowest BCUT2D eigenvalue weighted by atomic mass is 9.94. The van der Waals surface area contributed by atoms with Crippen molar-refractivity contribution >= 4 is 41.9 Å². The molecule has 0 aromatic heterocycles. The minimum absolute atomic E-state index is 0.0139. The number of nitrogens with two attached hydrogens (primary N) is 1. The highest BCUT2D eigenvalue weighted by molar-refractivity contribution is 5.95. The Bertz CT molecular complexity index is 1430. The van der Waals surface area contributed by atoms with E-state index in [4.69, 9.17) is 15.6 Å². The van der Waals surface area contributed by atoms with Gasteiger partial charge in [0.2, 0.25) is 23.6 Å². The van der Waals surface area contributed by atoms with Crippen LogP contribution in [0.1, 0.15) is 51.2 Å². The molecule has 0 saturated heterocycles. The molecule has 2 aromatic rings. The summed E-state index contributed by atoms with van der Waals surface area (Å²) in [6, 6.07) is 9.60. The Labute approximate surface area is 284 Å². The average molecular weight is 684 g/mol. The first-order chi connectivity index (χ1) is 23.2. The fourth-order valence-corrected chi connectivity index (χ4v) is 4.87. The van der Waals surface area contributed by atoms with E-state index in [1.54, 1.807) is 56.3 Å². The minimum Gasteiger partial charge on any atom is -0.508 e. The number of hydrogen-bond acceptors (Lipinski definition) is 10. The molecule has 0 aliphatic carbocycles. The second-order valence-electron chi connectivity index (χ2n) is 11.9. The zero-order valence-electron chi connectivity index (χ0n) is 27.7. The molecular weight excluding hydrogens is 638 g/mol. The van der Waals surface area contributed by atoms with Crippen molar-refractivity contribution in [3.63, 3.8) is 0 Å². The Morgan fingerprint density at radius 1 is 0.837 bits per heavy atom. The van der Waals surface area contributed by atoms with Crippen molar-refractivity contribution in [2.24, 2.45) is 17.6 Å². The number of nitrogens with one attached hydrogen (secondary N) is 4. The lowest BCUT2D eigenvalue weighted by Crippen LogP contribution is -2.59. The third-order valence-electron chi connectivity index (χ3n) is 7.43. The summed E-state index contributed by atoms with van der Waals surface area (Å²) >= 11 is 0. The molecule has 2 aromatic carbocycles. The number of phenols is 1. The molecule has 15 heteroatoms. The topological polar surface area (TPSA) is 243 Å². The first-order valence-electron chi connectivity index (χ1n) is 15.8. The molecule has 4 amide bonds. The second kappa shape index (κ2) is 20.1. The lowest BCUT2D eigenvalue weighted by molar-refractivity contribution is -0.151. The maximum atomic E-state index is 13.7. The van der Waals surface area contributed by atoms with E-state index in [0.717, 1.165) is 0 Å². The summed E-state index contributed by atoms with van der Waals surface area (Å²) in [5.74, 6) is -6.53. The maximum Gasteiger partial charge on any atom is 0.309 e. The lowest BCUT2D eigenvalue weighted by Gasteiger charge is -2.29. The van der Waals surface area contributed by atoms with E-state index in [0.29, 0.717) is 11.1 Å². The highest BCUT2D eigenvalue weighted by atomic mass is 16.5. The van der Waals surface area contributed by atoms with Crippen LogP contribution in [0.4, 0.5) is 0 Å². The molecule has 0 saturated carbocycles. The second-order valence-corrected chi connectivity index (χ2v) is 11.9. The van der Waals surface area contributed by atoms with Gasteiger partial charge in [0.1, 0.15) is 36.8 Å². The maximum absolute atomic E-state index is 13.7. The Balaban J connectivity index is 2.32. The van der Waals surface area contributed by atoms with Crippen molar-refractivity contribution < 1.29 is 48.5 Å². The van der Waals surface area contributed by atoms with Crippen molar-refractivity contribution in [3.05, 3.63) is 65.7 Å². The number of aromatic hydroxyl groups is 1. The molecule has 2 unspecified atom stereocenters. The number of phenolic OH excluding ortho intramolecular Hbond substituents is 1. The normalized spacial score (nSPS) is 13.9. The summed E-state index contributed by atoms with van der Waals surface area (Å²) in [4.78, 5) is 88.4. The van der Waals surface area contributed by atoms with Crippen LogP contribution < -0.4 is 27.0 Å². The van der Waals surface area contributed by atoms with E-state index in [1.807, 2.05) is 0 Å². The molecule has 0 bridgehead atoms. The van der Waals surface area contributed by atoms with E-state index in [1.165, 1.54) is 19.1 Å². The SMILES string of the molecule is CC(=O)N[C@@H](Cc1ccc(O)cc1)C(=O)N[C@H](C(=O)N[C@@H](CC(CCN)C(=O)OCc1ccccc1)C(=O)NC(C=O)CC(=O)O)C(C)C. The molecule has 0 heterocycles. The summed E-state index contributed by atoms with van der Waals surface area (Å²) in [6.07, 6.45) is -0.707. The van der Waals surface area contributed by atoms with Crippen LogP contribution >= 0.6 is 0 Å². The number of amides is 4. The Morgan fingerprint density at radius 2 is 1.47 bits per heavy atom. The average Bonchev–Trinajstić information content (AvgIpc) is 3.05. The van der Waals surface area contributed by atoms with Crippen LogP contribution in [0.3, 0.4) is 0 Å². The van der Waals surface area contributed by atoms with Crippen molar-refractivity contribution in [2.45, 2.75) is 77.2 Å². The first-order valence-corrected chi connectivity index (χ1v) is 15.8. The third kappa shape index (κ3) is 14.1. The van der Waals surface area contributed by atoms with Gasteiger partial charge in [-0.1, -0.05) is 56.3 Å². The van der Waals surface area contributed by atoms with E-state index < -0.39 is 78.0 Å². The molecule has 0 aliphatic heterocycles. The van der Waals surface area contributed by atoms with Gasteiger partial charge in [-0.3, -0.25) is 28.8 Å². The molecule has 15 nitrogen and oxygen atoms in total. The van der Waals surface area contributed by atoms with E-state index >= 15 is 0 Å². The smallest absolute Gasteiger partial charge is 0.309 e. The number of carbonyl (C=O) groups is 7. The molecule has 0 fully saturated rings. The van der Waals surface area contributed by atoms with E-state index in [-0.39, 0.29) is 44.4 Å². The summed E-state index contributed by atoms with van der Waals surface area (Å²) in [5.41, 5.74) is 7.09. The first kappa shape index (κ1) is 39.9. The van der Waals surface area contributed by atoms with Crippen molar-refractivity contribution in [1.82, 2.24) is 21.3 Å². The number of hydrogen-bond donors (Lipinski definition) is 7. The zero-order chi connectivity index (χ0) is 36.5. The molecule has 49 heavy (non-hydrogen) atoms. The number of ether oxygens (including phenoxy) is 1. The predicted octanol–water partition coefficient (Wildman–Crippen LogP) is 0.322. The van der Waals surface area contributed by atoms with Gasteiger partial charge in [-0.25, -0.2) is 0 Å². The van der Waals surface area contributed by atoms with Crippen LogP contribution in [0, 0.1) is 11.8 Å². The Morgan fingerprint density at radius 3 is 2.02 bits per heavy atom. The number of benzene rings is 2. The van der Waals surface area contributed by atoms with Gasteiger partial charge in [-0.15, -0.1) is 0 Å². The highest BCUT2D eigenvalue weighted by Crippen LogP contribution is 2.17. The highest BCUT2D eigenvalue weighted by Gasteiger charge is 2.34. The van der Waals surface area contributed by atoms with Gasteiger partial charge in [0.15, 0.2) is 0 Å². The fourth-order valence-electron chi connectivity index (χ4n) is 4.87. The van der Waals surface area contributed by atoms with Gasteiger partial charge >= 0.3 is 11.9 Å². The number of aliphatic carboxylic acids is 1. The van der Waals surface area contributed by atoms with Crippen molar-refractivity contribution in [2.75, 3.05) is 6.54 Å². The molecule has 5 atom stereocenters. The van der Waals surface area contributed by atoms with Gasteiger partial charge in [0.25, 0.3) is 0 Å². The molecule has 266 valence electrons.